The maximum Gasteiger partial charge on any atom is 0.147 e. The molecule has 0 amide bonds. The van der Waals surface area contributed by atoms with E-state index in [1.165, 1.54) is 12.1 Å². The van der Waals surface area contributed by atoms with Crippen LogP contribution in [0, 0.1) is 5.82 Å². The van der Waals surface area contributed by atoms with Gasteiger partial charge in [-0.1, -0.05) is 18.2 Å². The molecule has 1 aliphatic heterocycles. The third-order valence-electron chi connectivity index (χ3n) is 6.67. The number of pyridine rings is 1. The smallest absolute Gasteiger partial charge is 0.147 e. The zero-order chi connectivity index (χ0) is 24.2. The summed E-state index contributed by atoms with van der Waals surface area (Å²) in [6, 6.07) is 14.8. The van der Waals surface area contributed by atoms with E-state index in [1.807, 2.05) is 12.1 Å². The highest BCUT2D eigenvalue weighted by atomic mass is 19.1. The quantitative estimate of drug-likeness (QED) is 0.345. The summed E-state index contributed by atoms with van der Waals surface area (Å²) in [7, 11) is 0. The highest BCUT2D eigenvalue weighted by Gasteiger charge is 2.24. The second-order valence-electron chi connectivity index (χ2n) is 9.10. The molecular formula is C27H21FN8. The van der Waals surface area contributed by atoms with Gasteiger partial charge in [0.05, 0.1) is 41.0 Å². The Kier molecular flexibility index (Phi) is 4.58. The lowest BCUT2D eigenvalue weighted by Crippen LogP contribution is -2.56. The number of aromatic amines is 2. The third kappa shape index (κ3) is 3.40. The number of rotatable bonds is 4. The number of nitrogens with one attached hydrogen (secondary N) is 2. The van der Waals surface area contributed by atoms with Crippen molar-refractivity contribution in [2.75, 3.05) is 18.0 Å². The van der Waals surface area contributed by atoms with Gasteiger partial charge in [-0.3, -0.25) is 15.1 Å². The van der Waals surface area contributed by atoms with Gasteiger partial charge in [-0.2, -0.15) is 5.10 Å². The van der Waals surface area contributed by atoms with Crippen molar-refractivity contribution < 1.29 is 4.39 Å². The van der Waals surface area contributed by atoms with Crippen molar-refractivity contribution in [3.05, 3.63) is 79.1 Å². The normalized spacial score (nSPS) is 14.0. The molecule has 0 spiro atoms. The van der Waals surface area contributed by atoms with Gasteiger partial charge in [-0.15, -0.1) is 0 Å². The fraction of sp³-hybridized carbons (Fsp3) is 0.111. The molecule has 1 aliphatic rings. The van der Waals surface area contributed by atoms with Crippen molar-refractivity contribution in [1.29, 1.82) is 0 Å². The summed E-state index contributed by atoms with van der Waals surface area (Å²) in [4.78, 5) is 19.2. The van der Waals surface area contributed by atoms with E-state index in [-0.39, 0.29) is 11.9 Å². The summed E-state index contributed by atoms with van der Waals surface area (Å²) in [6.07, 6.45) is 7.13. The van der Waals surface area contributed by atoms with Gasteiger partial charge in [0.25, 0.3) is 0 Å². The van der Waals surface area contributed by atoms with Gasteiger partial charge >= 0.3 is 0 Å². The standard InChI is InChI=1S/C27H21FN8/c28-17-4-1-15(2-5-17)21-9-30-11-25-19(21)8-23(32-25)27-20-7-16(3-6-22(20)34-35-27)24-10-31-12-26(33-24)36-13-18(29)14-36/h1-12,18,32H,13-14,29H2,(H,34,35). The number of aromatic nitrogens is 6. The van der Waals surface area contributed by atoms with Crippen molar-refractivity contribution in [3.63, 3.8) is 0 Å². The van der Waals surface area contributed by atoms with Gasteiger partial charge in [0.1, 0.15) is 17.3 Å². The Morgan fingerprint density at radius 1 is 0.861 bits per heavy atom. The summed E-state index contributed by atoms with van der Waals surface area (Å²) in [5.41, 5.74) is 13.0. The molecule has 1 fully saturated rings. The van der Waals surface area contributed by atoms with Crippen LogP contribution in [0.2, 0.25) is 0 Å². The molecular weight excluding hydrogens is 455 g/mol. The fourth-order valence-corrected chi connectivity index (χ4v) is 4.76. The average Bonchev–Trinajstić information content (AvgIpc) is 3.51. The van der Waals surface area contributed by atoms with Gasteiger partial charge in [-0.25, -0.2) is 9.37 Å². The molecule has 1 saturated heterocycles. The largest absolute Gasteiger partial charge is 0.352 e. The first-order valence-electron chi connectivity index (χ1n) is 11.7. The molecule has 7 rings (SSSR count). The van der Waals surface area contributed by atoms with Crippen molar-refractivity contribution in [3.8, 4) is 33.8 Å². The number of hydrogen-bond acceptors (Lipinski definition) is 6. The van der Waals surface area contributed by atoms with Gasteiger partial charge in [0.2, 0.25) is 0 Å². The number of anilines is 1. The molecule has 0 unspecified atom stereocenters. The van der Waals surface area contributed by atoms with Crippen molar-refractivity contribution in [2.45, 2.75) is 6.04 Å². The van der Waals surface area contributed by atoms with E-state index in [9.17, 15) is 4.39 Å². The molecule has 0 bridgehead atoms. The van der Waals surface area contributed by atoms with Crippen LogP contribution in [0.15, 0.2) is 73.3 Å². The van der Waals surface area contributed by atoms with Crippen LogP contribution in [-0.4, -0.2) is 49.3 Å². The van der Waals surface area contributed by atoms with Crippen LogP contribution in [0.5, 0.6) is 0 Å². The monoisotopic (exact) mass is 476 g/mol. The number of H-pyrrole nitrogens is 2. The van der Waals surface area contributed by atoms with Crippen LogP contribution in [0.3, 0.4) is 0 Å². The summed E-state index contributed by atoms with van der Waals surface area (Å²) in [6.45, 7) is 1.58. The molecule has 9 heteroatoms. The first kappa shape index (κ1) is 20.7. The van der Waals surface area contributed by atoms with E-state index in [4.69, 9.17) is 10.7 Å². The molecule has 6 aromatic rings. The Labute approximate surface area is 205 Å². The van der Waals surface area contributed by atoms with Crippen LogP contribution >= 0.6 is 0 Å². The lowest BCUT2D eigenvalue weighted by Gasteiger charge is -2.37. The van der Waals surface area contributed by atoms with Crippen molar-refractivity contribution in [1.82, 2.24) is 30.1 Å². The molecule has 2 aromatic carbocycles. The van der Waals surface area contributed by atoms with E-state index in [0.717, 1.165) is 74.5 Å². The van der Waals surface area contributed by atoms with E-state index in [0.29, 0.717) is 0 Å². The van der Waals surface area contributed by atoms with Crippen molar-refractivity contribution in [2.24, 2.45) is 5.73 Å². The zero-order valence-electron chi connectivity index (χ0n) is 19.1. The van der Waals surface area contributed by atoms with Gasteiger partial charge in [0.15, 0.2) is 0 Å². The summed E-state index contributed by atoms with van der Waals surface area (Å²) < 4.78 is 13.5. The molecule has 36 heavy (non-hydrogen) atoms. The van der Waals surface area contributed by atoms with Crippen molar-refractivity contribution >= 4 is 27.6 Å². The van der Waals surface area contributed by atoms with Crippen LogP contribution in [0.4, 0.5) is 10.2 Å². The zero-order valence-corrected chi connectivity index (χ0v) is 19.1. The van der Waals surface area contributed by atoms with Gasteiger partial charge in [-0.05, 0) is 35.9 Å². The number of halogens is 1. The Balaban J connectivity index is 1.30. The highest BCUT2D eigenvalue weighted by molar-refractivity contribution is 6.01. The number of benzene rings is 2. The molecule has 176 valence electrons. The van der Waals surface area contributed by atoms with Crippen LogP contribution in [0.1, 0.15) is 0 Å². The Hall–Kier alpha value is -4.63. The fourth-order valence-electron chi connectivity index (χ4n) is 4.76. The second kappa shape index (κ2) is 7.96. The summed E-state index contributed by atoms with van der Waals surface area (Å²) in [5.74, 6) is 0.564. The second-order valence-corrected chi connectivity index (χ2v) is 9.10. The predicted octanol–water partition coefficient (Wildman–Crippen LogP) is 4.52. The molecule has 5 heterocycles. The Morgan fingerprint density at radius 2 is 1.67 bits per heavy atom. The first-order chi connectivity index (χ1) is 17.6. The van der Waals surface area contributed by atoms with Crippen LogP contribution in [0.25, 0.3) is 55.6 Å². The molecule has 0 radical (unpaired) electrons. The lowest BCUT2D eigenvalue weighted by molar-refractivity contribution is 0.514. The highest BCUT2D eigenvalue weighted by Crippen LogP contribution is 2.35. The number of nitrogens with two attached hydrogens (primary N) is 1. The maximum atomic E-state index is 13.5. The van der Waals surface area contributed by atoms with Gasteiger partial charge in [0, 0.05) is 47.2 Å². The molecule has 4 N–H and O–H groups in total. The third-order valence-corrected chi connectivity index (χ3v) is 6.67. The molecule has 0 saturated carbocycles. The molecule has 8 nitrogen and oxygen atoms in total. The maximum absolute atomic E-state index is 13.5. The minimum Gasteiger partial charge on any atom is -0.352 e. The molecule has 0 aliphatic carbocycles. The summed E-state index contributed by atoms with van der Waals surface area (Å²) in [5, 5.41) is 9.69. The molecule has 0 atom stereocenters. The summed E-state index contributed by atoms with van der Waals surface area (Å²) >= 11 is 0. The first-order valence-corrected chi connectivity index (χ1v) is 11.7. The van der Waals surface area contributed by atoms with Gasteiger partial charge < -0.3 is 15.6 Å². The van der Waals surface area contributed by atoms with Crippen LogP contribution < -0.4 is 10.6 Å². The minimum atomic E-state index is -0.267. The van der Waals surface area contributed by atoms with E-state index >= 15 is 0 Å². The molecule has 4 aromatic heterocycles. The average molecular weight is 477 g/mol. The number of hydrogen-bond donors (Lipinski definition) is 3. The lowest BCUT2D eigenvalue weighted by atomic mass is 10.0. The van der Waals surface area contributed by atoms with E-state index in [1.54, 1.807) is 36.9 Å². The minimum absolute atomic E-state index is 0.190. The topological polar surface area (TPSA) is 112 Å². The van der Waals surface area contributed by atoms with Crippen LogP contribution in [-0.2, 0) is 0 Å². The predicted molar refractivity (Wildman–Crippen MR) is 138 cm³/mol. The van der Waals surface area contributed by atoms with E-state index < -0.39 is 0 Å². The van der Waals surface area contributed by atoms with E-state index in [2.05, 4.69) is 42.2 Å². The number of fused-ring (bicyclic) bond motifs is 2. The Morgan fingerprint density at radius 3 is 2.50 bits per heavy atom. The SMILES string of the molecule is NC1CN(c2cncc(-c3ccc4[nH]nc(-c5cc6c(-c7ccc(F)cc7)cncc6[nH]5)c4c3)n2)C1. The number of nitrogens with zero attached hydrogens (tertiary/aromatic N) is 5. The Bertz CT molecular complexity index is 1730.